The lowest BCUT2D eigenvalue weighted by Crippen LogP contribution is -2.63. The van der Waals surface area contributed by atoms with Gasteiger partial charge in [-0.05, 0) is 24.6 Å². The van der Waals surface area contributed by atoms with E-state index in [1.807, 2.05) is 0 Å². The summed E-state index contributed by atoms with van der Waals surface area (Å²) in [5.74, 6) is -5.08. The zero-order chi connectivity index (χ0) is 20.6. The molecule has 0 amide bonds. The molecule has 0 aliphatic rings. The summed E-state index contributed by atoms with van der Waals surface area (Å²) in [6.45, 7) is 1.49. The Kier molecular flexibility index (Phi) is 5.88. The topological polar surface area (TPSA) is 89.9 Å². The lowest BCUT2D eigenvalue weighted by atomic mass is 10.0. The SMILES string of the molecule is COc1cc(C(=O)OC(CS(=O)(=O)O)(C(F)(F)F)C(F)(F)F)ccc1C. The molecule has 0 saturated carbocycles. The molecule has 0 atom stereocenters. The largest absolute Gasteiger partial charge is 0.496 e. The third-order valence-electron chi connectivity index (χ3n) is 3.21. The van der Waals surface area contributed by atoms with Gasteiger partial charge >= 0.3 is 23.9 Å². The van der Waals surface area contributed by atoms with Gasteiger partial charge in [-0.1, -0.05) is 6.07 Å². The van der Waals surface area contributed by atoms with Crippen LogP contribution < -0.4 is 4.74 Å². The number of carbonyl (C=O) groups is 1. The average molecular weight is 410 g/mol. The van der Waals surface area contributed by atoms with Crippen LogP contribution in [0.2, 0.25) is 0 Å². The monoisotopic (exact) mass is 410 g/mol. The maximum Gasteiger partial charge on any atom is 0.438 e. The number of rotatable bonds is 5. The summed E-state index contributed by atoms with van der Waals surface area (Å²) in [6, 6.07) is 2.86. The second-order valence-electron chi connectivity index (χ2n) is 5.12. The molecule has 1 aromatic rings. The van der Waals surface area contributed by atoms with Crippen molar-refractivity contribution in [3.8, 4) is 5.75 Å². The Morgan fingerprint density at radius 1 is 1.12 bits per heavy atom. The van der Waals surface area contributed by atoms with Gasteiger partial charge in [0.25, 0.3) is 10.1 Å². The van der Waals surface area contributed by atoms with Crippen LogP contribution in [-0.2, 0) is 14.9 Å². The van der Waals surface area contributed by atoms with Crippen molar-refractivity contribution in [3.05, 3.63) is 29.3 Å². The van der Waals surface area contributed by atoms with Gasteiger partial charge in [0.05, 0.1) is 12.7 Å². The molecule has 0 saturated heterocycles. The van der Waals surface area contributed by atoms with Crippen molar-refractivity contribution in [1.29, 1.82) is 0 Å². The van der Waals surface area contributed by atoms with E-state index in [1.54, 1.807) is 0 Å². The lowest BCUT2D eigenvalue weighted by Gasteiger charge is -2.35. The number of methoxy groups -OCH3 is 1. The van der Waals surface area contributed by atoms with E-state index in [-0.39, 0.29) is 5.75 Å². The Balaban J connectivity index is 3.48. The van der Waals surface area contributed by atoms with Crippen LogP contribution in [0.15, 0.2) is 18.2 Å². The minimum Gasteiger partial charge on any atom is -0.496 e. The predicted molar refractivity (Wildman–Crippen MR) is 74.4 cm³/mol. The molecule has 1 rings (SSSR count). The quantitative estimate of drug-likeness (QED) is 0.456. The van der Waals surface area contributed by atoms with Crippen molar-refractivity contribution in [2.24, 2.45) is 0 Å². The van der Waals surface area contributed by atoms with Gasteiger partial charge in [0.2, 0.25) is 0 Å². The smallest absolute Gasteiger partial charge is 0.438 e. The fourth-order valence-electron chi connectivity index (χ4n) is 1.89. The zero-order valence-corrected chi connectivity index (χ0v) is 13.9. The minimum atomic E-state index is -6.38. The second kappa shape index (κ2) is 6.95. The standard InChI is InChI=1S/C13H12F6O6S/c1-7-3-4-8(5-9(7)24-2)10(20)25-11(12(14,15)16,13(17,18)19)6-26(21,22)23/h3-5H,6H2,1-2H3,(H,21,22,23). The Morgan fingerprint density at radius 3 is 2.00 bits per heavy atom. The fourth-order valence-corrected chi connectivity index (χ4v) is 2.79. The van der Waals surface area contributed by atoms with E-state index >= 15 is 0 Å². The number of esters is 1. The lowest BCUT2D eigenvalue weighted by molar-refractivity contribution is -0.356. The summed E-state index contributed by atoms with van der Waals surface area (Å²) in [6.07, 6.45) is -12.8. The summed E-state index contributed by atoms with van der Waals surface area (Å²) in [5.41, 5.74) is -5.79. The number of aryl methyl sites for hydroxylation is 1. The van der Waals surface area contributed by atoms with E-state index in [4.69, 9.17) is 9.29 Å². The average Bonchev–Trinajstić information content (AvgIpc) is 2.43. The first-order valence-electron chi connectivity index (χ1n) is 6.50. The molecule has 148 valence electrons. The molecular weight excluding hydrogens is 398 g/mol. The van der Waals surface area contributed by atoms with Gasteiger partial charge in [-0.2, -0.15) is 34.8 Å². The molecule has 26 heavy (non-hydrogen) atoms. The molecule has 6 nitrogen and oxygen atoms in total. The van der Waals surface area contributed by atoms with Crippen LogP contribution >= 0.6 is 0 Å². The van der Waals surface area contributed by atoms with Crippen molar-refractivity contribution < 1.29 is 53.6 Å². The molecule has 0 spiro atoms. The van der Waals surface area contributed by atoms with Crippen LogP contribution in [0.25, 0.3) is 0 Å². The number of carbonyl (C=O) groups excluding carboxylic acids is 1. The first-order chi connectivity index (χ1) is 11.5. The molecule has 0 radical (unpaired) electrons. The van der Waals surface area contributed by atoms with Crippen LogP contribution in [-0.4, -0.2) is 49.8 Å². The van der Waals surface area contributed by atoms with Crippen molar-refractivity contribution in [3.63, 3.8) is 0 Å². The van der Waals surface area contributed by atoms with Crippen LogP contribution in [0, 0.1) is 6.92 Å². The van der Waals surface area contributed by atoms with Gasteiger partial charge in [0.15, 0.2) is 0 Å². The number of hydrogen-bond acceptors (Lipinski definition) is 5. The third kappa shape index (κ3) is 4.58. The molecule has 0 heterocycles. The highest BCUT2D eigenvalue weighted by Crippen LogP contribution is 2.47. The van der Waals surface area contributed by atoms with Gasteiger partial charge in [0.1, 0.15) is 11.5 Å². The number of benzene rings is 1. The first kappa shape index (κ1) is 22.0. The van der Waals surface area contributed by atoms with Crippen LogP contribution in [0.5, 0.6) is 5.75 Å². The Morgan fingerprint density at radius 2 is 1.62 bits per heavy atom. The molecule has 0 aromatic heterocycles. The van der Waals surface area contributed by atoms with Crippen molar-refractivity contribution in [2.75, 3.05) is 12.9 Å². The molecule has 0 bridgehead atoms. The van der Waals surface area contributed by atoms with E-state index in [0.29, 0.717) is 5.56 Å². The Hall–Kier alpha value is -2.02. The minimum absolute atomic E-state index is 0.0288. The van der Waals surface area contributed by atoms with Gasteiger partial charge in [-0.15, -0.1) is 0 Å². The Labute approximate surface area is 143 Å². The number of halogens is 6. The van der Waals surface area contributed by atoms with Gasteiger partial charge in [0, 0.05) is 0 Å². The van der Waals surface area contributed by atoms with Gasteiger partial charge in [-0.25, -0.2) is 4.79 Å². The summed E-state index contributed by atoms with van der Waals surface area (Å²) < 4.78 is 117. The number of hydrogen-bond donors (Lipinski definition) is 1. The van der Waals surface area contributed by atoms with E-state index in [2.05, 4.69) is 4.74 Å². The van der Waals surface area contributed by atoms with Crippen LogP contribution in [0.4, 0.5) is 26.3 Å². The Bertz CT molecular complexity index is 769. The highest BCUT2D eigenvalue weighted by atomic mass is 32.2. The maximum atomic E-state index is 13.1. The molecule has 1 N–H and O–H groups in total. The summed E-state index contributed by atoms with van der Waals surface area (Å²) in [5, 5.41) is 0. The normalized spacial score (nSPS) is 13.4. The van der Waals surface area contributed by atoms with Crippen molar-refractivity contribution >= 4 is 16.1 Å². The summed E-state index contributed by atoms with van der Waals surface area (Å²) in [7, 11) is -4.69. The highest BCUT2D eigenvalue weighted by Gasteiger charge is 2.76. The maximum absolute atomic E-state index is 13.1. The van der Waals surface area contributed by atoms with E-state index < -0.39 is 45.4 Å². The van der Waals surface area contributed by atoms with Crippen molar-refractivity contribution in [2.45, 2.75) is 24.9 Å². The molecule has 1 aromatic carbocycles. The first-order valence-corrected chi connectivity index (χ1v) is 8.11. The van der Waals surface area contributed by atoms with E-state index in [0.717, 1.165) is 19.2 Å². The molecule has 0 fully saturated rings. The highest BCUT2D eigenvalue weighted by molar-refractivity contribution is 7.85. The van der Waals surface area contributed by atoms with E-state index in [1.165, 1.54) is 13.0 Å². The number of ether oxygens (including phenoxy) is 2. The molecular formula is C13H12F6O6S. The predicted octanol–water partition coefficient (Wildman–Crippen LogP) is 2.91. The van der Waals surface area contributed by atoms with Crippen LogP contribution in [0.1, 0.15) is 15.9 Å². The van der Waals surface area contributed by atoms with Crippen LogP contribution in [0.3, 0.4) is 0 Å². The fraction of sp³-hybridized carbons (Fsp3) is 0.462. The molecule has 0 unspecified atom stereocenters. The molecule has 13 heteroatoms. The number of alkyl halides is 6. The van der Waals surface area contributed by atoms with Crippen molar-refractivity contribution in [1.82, 2.24) is 0 Å². The molecule has 0 aliphatic carbocycles. The second-order valence-corrected chi connectivity index (χ2v) is 6.58. The zero-order valence-electron chi connectivity index (χ0n) is 13.1. The van der Waals surface area contributed by atoms with E-state index in [9.17, 15) is 39.6 Å². The third-order valence-corrected chi connectivity index (χ3v) is 3.98. The summed E-state index contributed by atoms with van der Waals surface area (Å²) >= 11 is 0. The van der Waals surface area contributed by atoms with Gasteiger partial charge in [-0.3, -0.25) is 4.55 Å². The van der Waals surface area contributed by atoms with Gasteiger partial charge < -0.3 is 9.47 Å². The summed E-state index contributed by atoms with van der Waals surface area (Å²) in [4.78, 5) is 11.9. The molecule has 0 aliphatic heterocycles.